The molecular weight excluding hydrogens is 761 g/mol. The number of carbonyl (C=O) groups excluding carboxylic acids is 1. The third kappa shape index (κ3) is 7.50. The molecule has 0 aliphatic carbocycles. The van der Waals surface area contributed by atoms with Gasteiger partial charge >= 0.3 is 0 Å². The van der Waals surface area contributed by atoms with E-state index in [1.165, 1.54) is 17.0 Å². The molecule has 0 saturated carbocycles. The van der Waals surface area contributed by atoms with Gasteiger partial charge < -0.3 is 9.52 Å². The Kier molecular flexibility index (Phi) is 11.8. The maximum atomic E-state index is 11.7. The van der Waals surface area contributed by atoms with Gasteiger partial charge in [0.25, 0.3) is 0 Å². The summed E-state index contributed by atoms with van der Waals surface area (Å²) in [7, 11) is 0. The first-order valence-corrected chi connectivity index (χ1v) is 16.6. The van der Waals surface area contributed by atoms with E-state index in [9.17, 15) is 9.90 Å². The summed E-state index contributed by atoms with van der Waals surface area (Å²) in [4.78, 5) is 20.9. The summed E-state index contributed by atoms with van der Waals surface area (Å²) in [5, 5.41) is 16.3. The summed E-state index contributed by atoms with van der Waals surface area (Å²) in [6.07, 6.45) is 6.49. The van der Waals surface area contributed by atoms with Crippen molar-refractivity contribution in [2.24, 2.45) is 11.8 Å². The molecule has 5 nitrogen and oxygen atoms in total. The summed E-state index contributed by atoms with van der Waals surface area (Å²) in [6.45, 7) is 14.8. The fraction of sp³-hybridized carbons (Fsp3) is 0.341. The molecule has 0 aliphatic heterocycles. The number of benzene rings is 4. The number of aliphatic hydroxyl groups is 1. The molecule has 0 spiro atoms. The number of carbonyl (C=O) groups is 1. The first-order valence-electron chi connectivity index (χ1n) is 16.6. The average molecular weight is 806 g/mol. The van der Waals surface area contributed by atoms with Crippen molar-refractivity contribution < 1.29 is 34.4 Å². The van der Waals surface area contributed by atoms with Crippen LogP contribution in [0.25, 0.3) is 54.9 Å². The van der Waals surface area contributed by atoms with Gasteiger partial charge in [0.15, 0.2) is 5.78 Å². The van der Waals surface area contributed by atoms with Gasteiger partial charge in [-0.3, -0.25) is 9.78 Å². The normalized spacial score (nSPS) is 12.1. The Balaban J connectivity index is 0.000000269. The van der Waals surface area contributed by atoms with Crippen molar-refractivity contribution in [3.63, 3.8) is 0 Å². The van der Waals surface area contributed by atoms with Gasteiger partial charge in [0.05, 0.1) is 5.76 Å². The number of allylic oxidation sites excluding steroid dienone is 2. The van der Waals surface area contributed by atoms with Crippen molar-refractivity contribution in [3.05, 3.63) is 96.5 Å². The molecule has 6 heteroatoms. The molecule has 1 radical (unpaired) electrons. The van der Waals surface area contributed by atoms with Crippen molar-refractivity contribution in [1.82, 2.24) is 9.97 Å². The number of furan rings is 1. The molecule has 1 N–H and O–H groups in total. The Hall–Kier alpha value is -3.86. The summed E-state index contributed by atoms with van der Waals surface area (Å²) in [5.41, 5.74) is 4.55. The first-order chi connectivity index (χ1) is 22.1. The van der Waals surface area contributed by atoms with Gasteiger partial charge in [-0.05, 0) is 36.5 Å². The van der Waals surface area contributed by atoms with Crippen LogP contribution in [0.5, 0.6) is 0 Å². The predicted octanol–water partition coefficient (Wildman–Crippen LogP) is 11.3. The molecule has 4 aromatic carbocycles. The van der Waals surface area contributed by atoms with Crippen molar-refractivity contribution in [3.8, 4) is 11.3 Å². The summed E-state index contributed by atoms with van der Waals surface area (Å²) >= 11 is 0. The topological polar surface area (TPSA) is 76.2 Å². The Bertz CT molecular complexity index is 2030. The minimum Gasteiger partial charge on any atom is -0.512 e. The van der Waals surface area contributed by atoms with E-state index in [4.69, 9.17) is 9.40 Å². The van der Waals surface area contributed by atoms with Crippen LogP contribution in [-0.4, -0.2) is 20.9 Å². The van der Waals surface area contributed by atoms with E-state index < -0.39 is 0 Å². The van der Waals surface area contributed by atoms with E-state index in [0.717, 1.165) is 69.5 Å². The van der Waals surface area contributed by atoms with Gasteiger partial charge in [-0.2, -0.15) is 0 Å². The quantitative estimate of drug-likeness (QED) is 0.0942. The maximum Gasteiger partial charge on any atom is 0.223 e. The second-order valence-corrected chi connectivity index (χ2v) is 13.1. The van der Waals surface area contributed by atoms with Gasteiger partial charge in [-0.25, -0.2) is 4.98 Å². The number of ketones is 1. The zero-order chi connectivity index (χ0) is 33.0. The fourth-order valence-corrected chi connectivity index (χ4v) is 6.30. The first kappa shape index (κ1) is 36.0. The van der Waals surface area contributed by atoms with Gasteiger partial charge in [-0.15, -0.1) is 29.1 Å². The summed E-state index contributed by atoms with van der Waals surface area (Å²) in [6, 6.07) is 26.8. The number of nitrogens with zero attached hydrogens (tertiary/aromatic N) is 2. The van der Waals surface area contributed by atoms with Crippen LogP contribution in [0.1, 0.15) is 79.7 Å². The van der Waals surface area contributed by atoms with E-state index >= 15 is 0 Å². The molecule has 0 bridgehead atoms. The second kappa shape index (κ2) is 15.4. The standard InChI is InChI=1S/C28H21N2O.C13H24O2.Ir/c1-28(2,3)23-15-19(14-18-9-5-6-10-20(18)23)25-24-22-13-12-17-8-4-7-11-21(17)26(22)31-27(24)30-16-29-25;1-5-10(6-2)12(14)9-13(15)11(7-3)8-4;/h4-13,15-16H,1-3H3;9-11,14H,5-8H2,1-4H3;/q-1;;/b;12-9-;. The number of aliphatic hydroxyl groups excluding tert-OH is 1. The number of hydrogen-bond acceptors (Lipinski definition) is 5. The fourth-order valence-electron chi connectivity index (χ4n) is 6.30. The third-order valence-electron chi connectivity index (χ3n) is 9.08. The predicted molar refractivity (Wildman–Crippen MR) is 191 cm³/mol. The number of hydrogen-bond donors (Lipinski definition) is 1. The summed E-state index contributed by atoms with van der Waals surface area (Å²) < 4.78 is 6.25. The molecule has 247 valence electrons. The van der Waals surface area contributed by atoms with E-state index in [2.05, 4.69) is 86.4 Å². The molecule has 2 heterocycles. The Morgan fingerprint density at radius 2 is 1.49 bits per heavy atom. The van der Waals surface area contributed by atoms with Crippen LogP contribution in [0, 0.1) is 17.9 Å². The van der Waals surface area contributed by atoms with E-state index in [1.807, 2.05) is 39.8 Å². The van der Waals surface area contributed by atoms with Crippen LogP contribution in [-0.2, 0) is 30.3 Å². The second-order valence-electron chi connectivity index (χ2n) is 13.1. The van der Waals surface area contributed by atoms with Crippen LogP contribution in [0.4, 0.5) is 0 Å². The number of aromatic nitrogens is 2. The summed E-state index contributed by atoms with van der Waals surface area (Å²) in [5.74, 6) is 0.547. The minimum atomic E-state index is -0.00966. The smallest absolute Gasteiger partial charge is 0.223 e. The van der Waals surface area contributed by atoms with Crippen LogP contribution in [0.2, 0.25) is 0 Å². The van der Waals surface area contributed by atoms with Crippen molar-refractivity contribution >= 4 is 49.4 Å². The molecule has 6 aromatic rings. The van der Waals surface area contributed by atoms with Gasteiger partial charge in [-0.1, -0.05) is 114 Å². The van der Waals surface area contributed by atoms with E-state index in [0.29, 0.717) is 5.71 Å². The van der Waals surface area contributed by atoms with E-state index in [-0.39, 0.29) is 48.9 Å². The molecule has 2 aromatic heterocycles. The molecule has 47 heavy (non-hydrogen) atoms. The minimum absolute atomic E-state index is 0. The molecule has 0 saturated heterocycles. The average Bonchev–Trinajstić information content (AvgIpc) is 3.45. The molecule has 6 rings (SSSR count). The van der Waals surface area contributed by atoms with E-state index in [1.54, 1.807) is 6.33 Å². The van der Waals surface area contributed by atoms with Gasteiger partial charge in [0, 0.05) is 59.9 Å². The van der Waals surface area contributed by atoms with Crippen LogP contribution < -0.4 is 0 Å². The number of rotatable bonds is 8. The zero-order valence-corrected chi connectivity index (χ0v) is 30.9. The molecule has 0 aliphatic rings. The van der Waals surface area contributed by atoms with Crippen LogP contribution in [0.15, 0.2) is 89.3 Å². The van der Waals surface area contributed by atoms with Crippen LogP contribution in [0.3, 0.4) is 0 Å². The molecule has 0 atom stereocenters. The molecule has 0 amide bonds. The zero-order valence-electron chi connectivity index (χ0n) is 28.5. The molecular formula is C41H45IrN2O3-. The maximum absolute atomic E-state index is 11.7. The Labute approximate surface area is 291 Å². The Morgan fingerprint density at radius 3 is 2.15 bits per heavy atom. The Morgan fingerprint density at radius 1 is 0.851 bits per heavy atom. The molecule has 0 unspecified atom stereocenters. The van der Waals surface area contributed by atoms with Crippen molar-refractivity contribution in [1.29, 1.82) is 0 Å². The SMILES string of the molecule is CC(C)(C)c1cc(-c2ncnc3oc4c5ccccc5ccc4c23)[c-]c2ccccc12.CCC(CC)C(=O)/C=C(\O)C(CC)CC.[Ir]. The number of fused-ring (bicyclic) bond motifs is 6. The van der Waals surface area contributed by atoms with Crippen molar-refractivity contribution in [2.75, 3.05) is 0 Å². The van der Waals surface area contributed by atoms with Gasteiger partial charge in [0.2, 0.25) is 5.71 Å². The van der Waals surface area contributed by atoms with Crippen molar-refractivity contribution in [2.45, 2.75) is 79.6 Å². The largest absolute Gasteiger partial charge is 0.512 e. The molecule has 0 fully saturated rings. The monoisotopic (exact) mass is 806 g/mol. The van der Waals surface area contributed by atoms with Crippen LogP contribution >= 0.6 is 0 Å². The third-order valence-corrected chi connectivity index (χ3v) is 9.08. The van der Waals surface area contributed by atoms with Gasteiger partial charge in [0.1, 0.15) is 11.9 Å².